The van der Waals surface area contributed by atoms with E-state index in [1.54, 1.807) is 18.2 Å². The van der Waals surface area contributed by atoms with Crippen LogP contribution < -0.4 is 4.74 Å². The first-order chi connectivity index (χ1) is 7.54. The number of hydrogen-bond acceptors (Lipinski definition) is 3. The third-order valence-corrected chi connectivity index (χ3v) is 2.91. The largest absolute Gasteiger partial charge is 0.490 e. The second-order valence-corrected chi connectivity index (χ2v) is 4.40. The van der Waals surface area contributed by atoms with Gasteiger partial charge in [-0.05, 0) is 25.1 Å². The molecule has 0 radical (unpaired) electrons. The van der Waals surface area contributed by atoms with Crippen LogP contribution in [0.1, 0.15) is 17.3 Å². The maximum Gasteiger partial charge on any atom is 0.163 e. The number of ketones is 1. The fraction of sp³-hybridized carbons (Fsp3) is 0.364. The normalized spacial score (nSPS) is 12.2. The van der Waals surface area contributed by atoms with Crippen LogP contribution in [0.2, 0.25) is 5.02 Å². The summed E-state index contributed by atoms with van der Waals surface area (Å²) in [4.78, 5) is 11.3. The Morgan fingerprint density at radius 2 is 2.31 bits per heavy atom. The number of alkyl halides is 1. The van der Waals surface area contributed by atoms with Gasteiger partial charge in [0, 0.05) is 10.4 Å². The molecule has 0 saturated heterocycles. The van der Waals surface area contributed by atoms with Gasteiger partial charge in [-0.3, -0.25) is 4.79 Å². The molecule has 16 heavy (non-hydrogen) atoms. The molecule has 0 fully saturated rings. The summed E-state index contributed by atoms with van der Waals surface area (Å²) in [5.74, 6) is 0.322. The van der Waals surface area contributed by atoms with Crippen LogP contribution in [0.5, 0.6) is 5.75 Å². The molecular weight excluding hydrogens is 295 g/mol. The van der Waals surface area contributed by atoms with Crippen molar-refractivity contribution in [1.82, 2.24) is 0 Å². The molecule has 1 aromatic carbocycles. The highest BCUT2D eigenvalue weighted by molar-refractivity contribution is 9.09. The molecule has 1 atom stereocenters. The van der Waals surface area contributed by atoms with Crippen molar-refractivity contribution < 1.29 is 14.6 Å². The number of carbonyl (C=O) groups is 1. The molecule has 3 nitrogen and oxygen atoms in total. The maximum absolute atomic E-state index is 11.3. The molecule has 0 saturated carbocycles. The van der Waals surface area contributed by atoms with Crippen LogP contribution in [0.15, 0.2) is 18.2 Å². The monoisotopic (exact) mass is 306 g/mol. The van der Waals surface area contributed by atoms with E-state index >= 15 is 0 Å². The number of benzene rings is 1. The number of carbonyl (C=O) groups excluding carboxylic acids is 1. The second kappa shape index (κ2) is 6.23. The molecule has 1 aromatic rings. The average molecular weight is 308 g/mol. The maximum atomic E-state index is 11.3. The van der Waals surface area contributed by atoms with Crippen molar-refractivity contribution in [2.75, 3.05) is 11.9 Å². The minimum atomic E-state index is -0.601. The van der Waals surface area contributed by atoms with Crippen LogP contribution in [0, 0.1) is 0 Å². The van der Waals surface area contributed by atoms with Crippen LogP contribution in [-0.2, 0) is 0 Å². The Morgan fingerprint density at radius 1 is 1.62 bits per heavy atom. The average Bonchev–Trinajstić information content (AvgIpc) is 2.26. The van der Waals surface area contributed by atoms with Gasteiger partial charge in [-0.1, -0.05) is 27.5 Å². The van der Waals surface area contributed by atoms with Gasteiger partial charge in [-0.15, -0.1) is 0 Å². The van der Waals surface area contributed by atoms with Gasteiger partial charge in [-0.2, -0.15) is 0 Å². The van der Waals surface area contributed by atoms with E-state index in [0.717, 1.165) is 0 Å². The molecular formula is C11H12BrClO3. The number of aliphatic hydroxyl groups is 1. The van der Waals surface area contributed by atoms with E-state index in [0.29, 0.717) is 21.7 Å². The molecule has 1 N–H and O–H groups in total. The zero-order valence-corrected chi connectivity index (χ0v) is 11.1. The summed E-state index contributed by atoms with van der Waals surface area (Å²) < 4.78 is 5.35. The topological polar surface area (TPSA) is 46.5 Å². The predicted molar refractivity (Wildman–Crippen MR) is 66.8 cm³/mol. The second-order valence-electron chi connectivity index (χ2n) is 3.32. The smallest absolute Gasteiger partial charge is 0.163 e. The number of hydrogen-bond donors (Lipinski definition) is 1. The highest BCUT2D eigenvalue weighted by Gasteiger charge is 2.11. The summed E-state index contributed by atoms with van der Waals surface area (Å²) in [6.07, 6.45) is -0.601. The third kappa shape index (κ3) is 3.77. The summed E-state index contributed by atoms with van der Waals surface area (Å²) in [5, 5.41) is 10.2. The lowest BCUT2D eigenvalue weighted by Gasteiger charge is -2.12. The van der Waals surface area contributed by atoms with Gasteiger partial charge in [0.25, 0.3) is 0 Å². The summed E-state index contributed by atoms with van der Waals surface area (Å²) in [5.41, 5.74) is 0.425. The number of halogens is 2. The van der Waals surface area contributed by atoms with Crippen molar-refractivity contribution in [2.24, 2.45) is 0 Å². The molecule has 0 aliphatic rings. The Labute approximate surface area is 107 Å². The van der Waals surface area contributed by atoms with Gasteiger partial charge >= 0.3 is 0 Å². The molecule has 0 aromatic heterocycles. The van der Waals surface area contributed by atoms with Gasteiger partial charge < -0.3 is 9.84 Å². The van der Waals surface area contributed by atoms with Gasteiger partial charge in [0.05, 0.1) is 11.7 Å². The number of rotatable bonds is 5. The van der Waals surface area contributed by atoms with E-state index < -0.39 is 6.10 Å². The SMILES string of the molecule is CC(=O)c1cc(Cl)ccc1OCC(O)CBr. The Bertz CT molecular complexity index is 381. The minimum Gasteiger partial charge on any atom is -0.490 e. The zero-order valence-electron chi connectivity index (χ0n) is 8.74. The summed E-state index contributed by atoms with van der Waals surface area (Å²) in [6.45, 7) is 1.58. The van der Waals surface area contributed by atoms with Gasteiger partial charge in [0.2, 0.25) is 0 Å². The van der Waals surface area contributed by atoms with Crippen molar-refractivity contribution >= 4 is 33.3 Å². The Hall–Kier alpha value is -0.580. The van der Waals surface area contributed by atoms with Crippen molar-refractivity contribution in [3.05, 3.63) is 28.8 Å². The molecule has 0 aliphatic carbocycles. The number of ether oxygens (including phenoxy) is 1. The minimum absolute atomic E-state index is 0.120. The quantitative estimate of drug-likeness (QED) is 0.672. The molecule has 88 valence electrons. The van der Waals surface area contributed by atoms with E-state index in [4.69, 9.17) is 16.3 Å². The van der Waals surface area contributed by atoms with Gasteiger partial charge in [-0.25, -0.2) is 0 Å². The highest BCUT2D eigenvalue weighted by atomic mass is 79.9. The lowest BCUT2D eigenvalue weighted by Crippen LogP contribution is -2.19. The van der Waals surface area contributed by atoms with E-state index in [1.165, 1.54) is 6.92 Å². The number of aliphatic hydroxyl groups excluding tert-OH is 1. The van der Waals surface area contributed by atoms with Gasteiger partial charge in [0.1, 0.15) is 12.4 Å². The van der Waals surface area contributed by atoms with Crippen molar-refractivity contribution in [1.29, 1.82) is 0 Å². The fourth-order valence-corrected chi connectivity index (χ4v) is 1.49. The first-order valence-electron chi connectivity index (χ1n) is 4.72. The molecule has 5 heteroatoms. The summed E-state index contributed by atoms with van der Waals surface area (Å²) in [6, 6.07) is 4.82. The lowest BCUT2D eigenvalue weighted by molar-refractivity contribution is 0.0998. The summed E-state index contributed by atoms with van der Waals surface area (Å²) in [7, 11) is 0. The Balaban J connectivity index is 2.82. The van der Waals surface area contributed by atoms with Gasteiger partial charge in [0.15, 0.2) is 5.78 Å². The fourth-order valence-electron chi connectivity index (χ4n) is 1.13. The van der Waals surface area contributed by atoms with Crippen LogP contribution in [-0.4, -0.2) is 28.9 Å². The first kappa shape index (κ1) is 13.5. The first-order valence-corrected chi connectivity index (χ1v) is 6.22. The molecule has 1 rings (SSSR count). The number of Topliss-reactive ketones (excluding diaryl/α,β-unsaturated/α-hetero) is 1. The molecule has 0 bridgehead atoms. The molecule has 0 aliphatic heterocycles. The Kier molecular flexibility index (Phi) is 5.25. The molecule has 1 unspecified atom stereocenters. The van der Waals surface area contributed by atoms with Crippen LogP contribution in [0.25, 0.3) is 0 Å². The third-order valence-electron chi connectivity index (χ3n) is 1.93. The summed E-state index contributed by atoms with van der Waals surface area (Å²) >= 11 is 8.92. The zero-order chi connectivity index (χ0) is 12.1. The van der Waals surface area contributed by atoms with E-state index in [1.807, 2.05) is 0 Å². The highest BCUT2D eigenvalue weighted by Crippen LogP contribution is 2.23. The molecule has 0 amide bonds. The lowest BCUT2D eigenvalue weighted by atomic mass is 10.1. The standard InChI is InChI=1S/C11H12BrClO3/c1-7(14)10-4-8(13)2-3-11(10)16-6-9(15)5-12/h2-4,9,15H,5-6H2,1H3. The van der Waals surface area contributed by atoms with Crippen LogP contribution >= 0.6 is 27.5 Å². The van der Waals surface area contributed by atoms with Crippen LogP contribution in [0.3, 0.4) is 0 Å². The molecule has 0 spiro atoms. The van der Waals surface area contributed by atoms with E-state index in [-0.39, 0.29) is 12.4 Å². The van der Waals surface area contributed by atoms with E-state index in [2.05, 4.69) is 15.9 Å². The Morgan fingerprint density at radius 3 is 2.88 bits per heavy atom. The van der Waals surface area contributed by atoms with Crippen molar-refractivity contribution in [2.45, 2.75) is 13.0 Å². The molecule has 0 heterocycles. The predicted octanol–water partition coefficient (Wildman–Crippen LogP) is 2.68. The van der Waals surface area contributed by atoms with Crippen LogP contribution in [0.4, 0.5) is 0 Å². The van der Waals surface area contributed by atoms with E-state index in [9.17, 15) is 9.90 Å². The van der Waals surface area contributed by atoms with Crippen molar-refractivity contribution in [3.8, 4) is 5.75 Å². The van der Waals surface area contributed by atoms with Crippen molar-refractivity contribution in [3.63, 3.8) is 0 Å².